The fourth-order valence-electron chi connectivity index (χ4n) is 6.26. The summed E-state index contributed by atoms with van der Waals surface area (Å²) >= 11 is 0. The van der Waals surface area contributed by atoms with Crippen molar-refractivity contribution in [3.05, 3.63) is 59.7 Å². The highest BCUT2D eigenvalue weighted by molar-refractivity contribution is 5.99. The van der Waals surface area contributed by atoms with Gasteiger partial charge in [-0.3, -0.25) is 10.2 Å². The number of likely N-dealkylation sites (N-methyl/N-ethyl adjacent to an activating group) is 1. The third-order valence-electron chi connectivity index (χ3n) is 8.45. The molecule has 2 saturated heterocycles. The molecule has 2 aromatic rings. The van der Waals surface area contributed by atoms with E-state index in [0.29, 0.717) is 12.8 Å². The monoisotopic (exact) mass is 541 g/mol. The Kier molecular flexibility index (Phi) is 8.06. The molecule has 2 aromatic carbocycles. The Bertz CT molecular complexity index is 1210. The molecule has 0 spiro atoms. The van der Waals surface area contributed by atoms with Crippen LogP contribution < -0.4 is 30.5 Å². The topological polar surface area (TPSA) is 78.1 Å². The summed E-state index contributed by atoms with van der Waals surface area (Å²) in [4.78, 5) is 16.9. The highest BCUT2D eigenvalue weighted by Crippen LogP contribution is 2.48. The predicted molar refractivity (Wildman–Crippen MR) is 147 cm³/mol. The SMILES string of the molecule is C=CC(=O)Nc1ccc(N2CCN(C)CC2)cc1C1NNC2C[C@H](c3c(F)c(OC)cc(OC)c3F)CCC21. The average molecular weight is 542 g/mol. The number of benzene rings is 2. The van der Waals surface area contributed by atoms with Gasteiger partial charge < -0.3 is 24.6 Å². The zero-order chi connectivity index (χ0) is 27.7. The van der Waals surface area contributed by atoms with Crippen LogP contribution >= 0.6 is 0 Å². The van der Waals surface area contributed by atoms with E-state index in [0.717, 1.165) is 49.5 Å². The Morgan fingerprint density at radius 3 is 2.38 bits per heavy atom. The molecule has 0 aromatic heterocycles. The van der Waals surface area contributed by atoms with Crippen LogP contribution in [0.1, 0.15) is 42.3 Å². The molecule has 1 amide bonds. The number of carbonyl (C=O) groups is 1. The predicted octanol–water partition coefficient (Wildman–Crippen LogP) is 3.96. The summed E-state index contributed by atoms with van der Waals surface area (Å²) in [5.41, 5.74) is 9.68. The Morgan fingerprint density at radius 2 is 1.74 bits per heavy atom. The summed E-state index contributed by atoms with van der Waals surface area (Å²) < 4.78 is 40.8. The van der Waals surface area contributed by atoms with Crippen LogP contribution in [0, 0.1) is 17.6 Å². The number of fused-ring (bicyclic) bond motifs is 1. The number of piperazine rings is 1. The number of carbonyl (C=O) groups excluding carboxylic acids is 1. The smallest absolute Gasteiger partial charge is 0.247 e. The first kappa shape index (κ1) is 27.4. The number of hydrazine groups is 1. The molecule has 5 rings (SSSR count). The van der Waals surface area contributed by atoms with Crippen molar-refractivity contribution in [2.75, 3.05) is 57.7 Å². The molecule has 10 heteroatoms. The number of rotatable bonds is 7. The zero-order valence-corrected chi connectivity index (χ0v) is 22.7. The maximum absolute atomic E-state index is 15.3. The van der Waals surface area contributed by atoms with Crippen molar-refractivity contribution >= 4 is 17.3 Å². The lowest BCUT2D eigenvalue weighted by molar-refractivity contribution is -0.111. The number of hydrogen-bond donors (Lipinski definition) is 3. The number of ether oxygens (including phenoxy) is 2. The number of methoxy groups -OCH3 is 2. The normalized spacial score (nSPS) is 25.2. The molecule has 3 N–H and O–H groups in total. The Morgan fingerprint density at radius 1 is 1.05 bits per heavy atom. The minimum atomic E-state index is -0.670. The van der Waals surface area contributed by atoms with Crippen molar-refractivity contribution in [1.82, 2.24) is 15.8 Å². The fourth-order valence-corrected chi connectivity index (χ4v) is 6.26. The minimum absolute atomic E-state index is 0.0139. The molecule has 3 aliphatic rings. The first-order valence-electron chi connectivity index (χ1n) is 13.5. The van der Waals surface area contributed by atoms with E-state index in [-0.39, 0.29) is 46.9 Å². The quantitative estimate of drug-likeness (QED) is 0.458. The second-order valence-corrected chi connectivity index (χ2v) is 10.6. The lowest BCUT2D eigenvalue weighted by Gasteiger charge is -2.36. The fraction of sp³-hybridized carbons (Fsp3) is 0.483. The van der Waals surface area contributed by atoms with Gasteiger partial charge in [-0.2, -0.15) is 0 Å². The lowest BCUT2D eigenvalue weighted by Crippen LogP contribution is -2.44. The van der Waals surface area contributed by atoms with Gasteiger partial charge in [-0.1, -0.05) is 6.58 Å². The third kappa shape index (κ3) is 5.33. The Labute approximate surface area is 228 Å². The molecule has 8 nitrogen and oxygen atoms in total. The van der Waals surface area contributed by atoms with Gasteiger partial charge >= 0.3 is 0 Å². The van der Waals surface area contributed by atoms with E-state index in [9.17, 15) is 4.79 Å². The van der Waals surface area contributed by atoms with E-state index >= 15 is 8.78 Å². The molecule has 210 valence electrons. The molecular weight excluding hydrogens is 504 g/mol. The number of halogens is 2. The summed E-state index contributed by atoms with van der Waals surface area (Å²) in [6, 6.07) is 7.31. The van der Waals surface area contributed by atoms with Gasteiger partial charge in [0, 0.05) is 55.2 Å². The van der Waals surface area contributed by atoms with Crippen molar-refractivity contribution in [3.8, 4) is 11.5 Å². The summed E-state index contributed by atoms with van der Waals surface area (Å²) in [6.07, 6.45) is 3.16. The number of amides is 1. The third-order valence-corrected chi connectivity index (χ3v) is 8.45. The van der Waals surface area contributed by atoms with Crippen molar-refractivity contribution in [1.29, 1.82) is 0 Å². The number of nitrogens with zero attached hydrogens (tertiary/aromatic N) is 2. The van der Waals surface area contributed by atoms with Crippen LogP contribution in [-0.4, -0.2) is 64.3 Å². The molecule has 3 fully saturated rings. The molecule has 2 aliphatic heterocycles. The van der Waals surface area contributed by atoms with Gasteiger partial charge in [0.1, 0.15) is 0 Å². The maximum atomic E-state index is 15.3. The van der Waals surface area contributed by atoms with Crippen molar-refractivity contribution in [2.45, 2.75) is 37.3 Å². The molecule has 0 radical (unpaired) electrons. The van der Waals surface area contributed by atoms with Crippen molar-refractivity contribution < 1.29 is 23.0 Å². The lowest BCUT2D eigenvalue weighted by atomic mass is 9.72. The first-order chi connectivity index (χ1) is 18.8. The summed E-state index contributed by atoms with van der Waals surface area (Å²) in [5, 5.41) is 2.97. The Balaban J connectivity index is 1.41. The summed E-state index contributed by atoms with van der Waals surface area (Å²) in [5.74, 6) is -1.82. The van der Waals surface area contributed by atoms with Crippen LogP contribution in [0.15, 0.2) is 36.9 Å². The Hall–Kier alpha value is -3.21. The summed E-state index contributed by atoms with van der Waals surface area (Å²) in [7, 11) is 4.85. The van der Waals surface area contributed by atoms with Gasteiger partial charge in [-0.25, -0.2) is 14.2 Å². The van der Waals surface area contributed by atoms with Crippen LogP contribution in [0.5, 0.6) is 11.5 Å². The standard InChI is InChI=1S/C29H37F2N5O3/c1-5-25(37)32-21-9-7-18(36-12-10-35(2)11-13-36)15-20(21)29-19-8-6-17(14-22(19)33-34-29)26-27(30)23(38-3)16-24(39-4)28(26)31/h5,7,9,15-17,19,22,29,33-34H,1,6,8,10-14H2,2-4H3,(H,32,37)/t17-,19?,22?,29?/m1/s1. The number of nitrogens with one attached hydrogen (secondary N) is 3. The van der Waals surface area contributed by atoms with Crippen LogP contribution in [0.3, 0.4) is 0 Å². The molecule has 3 unspecified atom stereocenters. The van der Waals surface area contributed by atoms with Crippen LogP contribution in [0.25, 0.3) is 0 Å². The van der Waals surface area contributed by atoms with Gasteiger partial charge in [0.05, 0.1) is 20.3 Å². The maximum Gasteiger partial charge on any atom is 0.247 e. The minimum Gasteiger partial charge on any atom is -0.494 e. The zero-order valence-electron chi connectivity index (χ0n) is 22.7. The van der Waals surface area contributed by atoms with Crippen LogP contribution in [-0.2, 0) is 4.79 Å². The number of anilines is 2. The molecule has 39 heavy (non-hydrogen) atoms. The molecule has 0 bridgehead atoms. The molecular formula is C29H37F2N5O3. The van der Waals surface area contributed by atoms with Crippen LogP contribution in [0.4, 0.5) is 20.2 Å². The first-order valence-corrected chi connectivity index (χ1v) is 13.5. The molecule has 1 aliphatic carbocycles. The highest BCUT2D eigenvalue weighted by Gasteiger charge is 2.43. The summed E-state index contributed by atoms with van der Waals surface area (Å²) in [6.45, 7) is 7.43. The van der Waals surface area contributed by atoms with Gasteiger partial charge in [-0.05, 0) is 68.0 Å². The van der Waals surface area contributed by atoms with Gasteiger partial charge in [0.2, 0.25) is 5.91 Å². The number of hydrogen-bond acceptors (Lipinski definition) is 7. The molecule has 1 saturated carbocycles. The average Bonchev–Trinajstić information content (AvgIpc) is 3.37. The van der Waals surface area contributed by atoms with Crippen molar-refractivity contribution in [2.24, 2.45) is 5.92 Å². The van der Waals surface area contributed by atoms with Gasteiger partial charge in [0.25, 0.3) is 0 Å². The van der Waals surface area contributed by atoms with Crippen LogP contribution in [0.2, 0.25) is 0 Å². The van der Waals surface area contributed by atoms with E-state index in [2.05, 4.69) is 45.7 Å². The van der Waals surface area contributed by atoms with Gasteiger partial charge in [0.15, 0.2) is 23.1 Å². The second-order valence-electron chi connectivity index (χ2n) is 10.6. The van der Waals surface area contributed by atoms with E-state index in [1.165, 1.54) is 26.4 Å². The second kappa shape index (κ2) is 11.5. The molecule has 4 atom stereocenters. The van der Waals surface area contributed by atoms with Crippen molar-refractivity contribution in [3.63, 3.8) is 0 Å². The van der Waals surface area contributed by atoms with E-state index < -0.39 is 11.6 Å². The molecule has 2 heterocycles. The van der Waals surface area contributed by atoms with E-state index in [1.54, 1.807) is 0 Å². The largest absolute Gasteiger partial charge is 0.494 e. The van der Waals surface area contributed by atoms with E-state index in [4.69, 9.17) is 9.47 Å². The van der Waals surface area contributed by atoms with E-state index in [1.807, 2.05) is 12.1 Å². The van der Waals surface area contributed by atoms with Gasteiger partial charge in [-0.15, -0.1) is 0 Å². The highest BCUT2D eigenvalue weighted by atomic mass is 19.1.